The zero-order chi connectivity index (χ0) is 17.7. The monoisotopic (exact) mass is 358 g/mol. The average molecular weight is 358 g/mol. The molecule has 0 bridgehead atoms. The quantitative estimate of drug-likeness (QED) is 0.532. The first-order chi connectivity index (χ1) is 12.4. The Balaban J connectivity index is 1.38. The van der Waals surface area contributed by atoms with E-state index in [1.54, 1.807) is 0 Å². The third-order valence-electron chi connectivity index (χ3n) is 9.33. The first kappa shape index (κ1) is 15.1. The van der Waals surface area contributed by atoms with Crippen molar-refractivity contribution in [1.82, 2.24) is 0 Å². The number of fused-ring (bicyclic) bond motifs is 2. The number of carbonyl (C=O) groups excluding carboxylic acids is 1. The van der Waals surface area contributed by atoms with Gasteiger partial charge in [-0.05, 0) is 49.0 Å². The van der Waals surface area contributed by atoms with E-state index in [9.17, 15) is 4.79 Å². The largest absolute Gasteiger partial charge is 0.458 e. The summed E-state index contributed by atoms with van der Waals surface area (Å²) in [4.78, 5) is 12.1. The molecule has 4 aliphatic heterocycles. The lowest BCUT2D eigenvalue weighted by Gasteiger charge is -2.54. The van der Waals surface area contributed by atoms with Gasteiger partial charge in [0.15, 0.2) is 5.60 Å². The molecule has 0 aromatic rings. The lowest BCUT2D eigenvalue weighted by atomic mass is 9.45. The predicted molar refractivity (Wildman–Crippen MR) is 90.3 cm³/mol. The molecule has 3 saturated heterocycles. The number of ether oxygens (including phenoxy) is 4. The Morgan fingerprint density at radius 3 is 2.58 bits per heavy atom. The van der Waals surface area contributed by atoms with Gasteiger partial charge in [-0.3, -0.25) is 0 Å². The fraction of sp³-hybridized carbons (Fsp3) is 0.857. The molecule has 5 heteroatoms. The summed E-state index contributed by atoms with van der Waals surface area (Å²) >= 11 is 0. The van der Waals surface area contributed by atoms with E-state index < -0.39 is 0 Å². The van der Waals surface area contributed by atoms with Crippen molar-refractivity contribution in [3.8, 4) is 0 Å². The highest BCUT2D eigenvalue weighted by molar-refractivity contribution is 5.92. The third-order valence-corrected chi connectivity index (χ3v) is 9.33. The molecule has 7 rings (SSSR count). The molecular weight excluding hydrogens is 332 g/mol. The van der Waals surface area contributed by atoms with Gasteiger partial charge in [0.05, 0.1) is 18.8 Å². The van der Waals surface area contributed by atoms with Crippen LogP contribution >= 0.6 is 0 Å². The molecule has 8 atom stereocenters. The summed E-state index contributed by atoms with van der Waals surface area (Å²) in [6.07, 6.45) is 4.36. The van der Waals surface area contributed by atoms with Gasteiger partial charge in [0.2, 0.25) is 0 Å². The number of hydrogen-bond acceptors (Lipinski definition) is 5. The van der Waals surface area contributed by atoms with Gasteiger partial charge in [0, 0.05) is 11.0 Å². The molecular formula is C21H26O5. The van der Waals surface area contributed by atoms with Crippen molar-refractivity contribution in [2.24, 2.45) is 23.2 Å². The van der Waals surface area contributed by atoms with Crippen LogP contribution in [0.2, 0.25) is 0 Å². The highest BCUT2D eigenvalue weighted by Gasteiger charge is 2.98. The van der Waals surface area contributed by atoms with Crippen molar-refractivity contribution < 1.29 is 23.7 Å². The van der Waals surface area contributed by atoms with Crippen LogP contribution in [0.1, 0.15) is 46.5 Å². The number of hydrogen-bond donors (Lipinski definition) is 0. The van der Waals surface area contributed by atoms with Gasteiger partial charge in [-0.1, -0.05) is 20.8 Å². The van der Waals surface area contributed by atoms with Gasteiger partial charge in [-0.2, -0.15) is 0 Å². The Labute approximate surface area is 153 Å². The maximum Gasteiger partial charge on any atom is 0.334 e. The Morgan fingerprint density at radius 2 is 1.85 bits per heavy atom. The maximum atomic E-state index is 12.1. The molecule has 0 amide bonds. The minimum absolute atomic E-state index is 0.0123. The van der Waals surface area contributed by atoms with Crippen LogP contribution in [-0.4, -0.2) is 48.2 Å². The third kappa shape index (κ3) is 1.22. The van der Waals surface area contributed by atoms with Gasteiger partial charge in [0.1, 0.15) is 17.8 Å². The second kappa shape index (κ2) is 3.94. The second-order valence-corrected chi connectivity index (χ2v) is 10.2. The van der Waals surface area contributed by atoms with Crippen LogP contribution in [0.5, 0.6) is 0 Å². The smallest absolute Gasteiger partial charge is 0.334 e. The van der Waals surface area contributed by atoms with Gasteiger partial charge >= 0.3 is 5.97 Å². The van der Waals surface area contributed by atoms with Crippen molar-refractivity contribution >= 4 is 5.97 Å². The molecule has 0 radical (unpaired) electrons. The molecule has 0 aromatic heterocycles. The van der Waals surface area contributed by atoms with E-state index in [0.29, 0.717) is 24.4 Å². The van der Waals surface area contributed by atoms with Crippen LogP contribution in [-0.2, 0) is 23.7 Å². The minimum atomic E-state index is -0.245. The molecule has 3 aliphatic carbocycles. The molecule has 5 nitrogen and oxygen atoms in total. The molecule has 2 saturated carbocycles. The first-order valence-electron chi connectivity index (χ1n) is 10.3. The SMILES string of the molecule is CC(C)[C@@H]1C[C@@H]2O[C@]23[C@]2(O[C@H]2C[C@H]2C4=C(CC[C@@]23C)C(=O)OC4)[C@]12CO2. The van der Waals surface area contributed by atoms with Crippen molar-refractivity contribution in [2.45, 2.75) is 75.5 Å². The molecule has 26 heavy (non-hydrogen) atoms. The first-order valence-corrected chi connectivity index (χ1v) is 10.3. The Hall–Kier alpha value is -0.910. The summed E-state index contributed by atoms with van der Waals surface area (Å²) in [5.41, 5.74) is 1.60. The highest BCUT2D eigenvalue weighted by Crippen LogP contribution is 2.83. The Bertz CT molecular complexity index is 796. The predicted octanol–water partition coefficient (Wildman–Crippen LogP) is 2.38. The Kier molecular flexibility index (Phi) is 2.28. The number of cyclic esters (lactones) is 1. The fourth-order valence-corrected chi connectivity index (χ4v) is 8.12. The Morgan fingerprint density at radius 1 is 1.12 bits per heavy atom. The van der Waals surface area contributed by atoms with E-state index in [1.165, 1.54) is 5.57 Å². The van der Waals surface area contributed by atoms with E-state index in [1.807, 2.05) is 0 Å². The van der Waals surface area contributed by atoms with Crippen LogP contribution in [0, 0.1) is 23.2 Å². The standard InChI is InChI=1S/C21H26O5/c1-10(2)13-6-15-20(25-15)18(3)5-4-11-12(8-23-17(11)22)14(18)7-16-21(20,26-16)19(13)9-24-19/h10,13-16H,4-9H2,1-3H3/t13-,14-,15-,16-,18-,19-,20+,21+/m0/s1. The van der Waals surface area contributed by atoms with Crippen molar-refractivity contribution in [3.63, 3.8) is 0 Å². The number of epoxide rings is 3. The summed E-state index contributed by atoms with van der Waals surface area (Å²) in [5.74, 6) is 1.34. The van der Waals surface area contributed by atoms with Crippen LogP contribution in [0.15, 0.2) is 11.1 Å². The fourth-order valence-electron chi connectivity index (χ4n) is 8.12. The van der Waals surface area contributed by atoms with Crippen molar-refractivity contribution in [2.75, 3.05) is 13.2 Å². The number of carbonyl (C=O) groups is 1. The van der Waals surface area contributed by atoms with E-state index >= 15 is 0 Å². The van der Waals surface area contributed by atoms with Gasteiger partial charge in [-0.25, -0.2) is 4.79 Å². The van der Waals surface area contributed by atoms with Gasteiger partial charge in [-0.15, -0.1) is 0 Å². The van der Waals surface area contributed by atoms with E-state index in [4.69, 9.17) is 18.9 Å². The molecule has 140 valence electrons. The van der Waals surface area contributed by atoms with Crippen LogP contribution in [0.4, 0.5) is 0 Å². The molecule has 7 aliphatic rings. The summed E-state index contributed by atoms with van der Waals surface area (Å²) in [7, 11) is 0. The van der Waals surface area contributed by atoms with Crippen molar-refractivity contribution in [1.29, 1.82) is 0 Å². The van der Waals surface area contributed by atoms with E-state index in [2.05, 4.69) is 20.8 Å². The number of rotatable bonds is 1. The average Bonchev–Trinajstić information content (AvgIpc) is 3.48. The summed E-state index contributed by atoms with van der Waals surface area (Å²) in [6.45, 7) is 8.31. The zero-order valence-electron chi connectivity index (χ0n) is 15.7. The van der Waals surface area contributed by atoms with Crippen molar-refractivity contribution in [3.05, 3.63) is 11.1 Å². The topological polar surface area (TPSA) is 63.9 Å². The zero-order valence-corrected chi connectivity index (χ0v) is 15.7. The van der Waals surface area contributed by atoms with Gasteiger partial charge < -0.3 is 18.9 Å². The molecule has 0 N–H and O–H groups in total. The molecule has 0 unspecified atom stereocenters. The maximum absolute atomic E-state index is 12.1. The molecule has 0 aromatic carbocycles. The summed E-state index contributed by atoms with van der Waals surface area (Å²) < 4.78 is 24.9. The molecule has 5 fully saturated rings. The van der Waals surface area contributed by atoms with Gasteiger partial charge in [0.25, 0.3) is 0 Å². The molecule has 3 spiro atoms. The van der Waals surface area contributed by atoms with Crippen LogP contribution < -0.4 is 0 Å². The lowest BCUT2D eigenvalue weighted by Crippen LogP contribution is -2.68. The van der Waals surface area contributed by atoms with E-state index in [0.717, 1.165) is 37.9 Å². The van der Waals surface area contributed by atoms with Crippen LogP contribution in [0.25, 0.3) is 0 Å². The minimum Gasteiger partial charge on any atom is -0.458 e. The second-order valence-electron chi connectivity index (χ2n) is 10.2. The summed E-state index contributed by atoms with van der Waals surface area (Å²) in [6, 6.07) is 0. The molecule has 4 heterocycles. The normalized spacial score (nSPS) is 60.7. The van der Waals surface area contributed by atoms with Crippen LogP contribution in [0.3, 0.4) is 0 Å². The van der Waals surface area contributed by atoms with E-state index in [-0.39, 0.29) is 40.4 Å². The highest BCUT2D eigenvalue weighted by atomic mass is 16.7. The lowest BCUT2D eigenvalue weighted by molar-refractivity contribution is -0.136. The number of esters is 1. The summed E-state index contributed by atoms with van der Waals surface area (Å²) in [5, 5.41) is 0.